The van der Waals surface area contributed by atoms with E-state index in [1.165, 1.54) is 29.5 Å². The second kappa shape index (κ2) is 4.81. The average molecular weight is 249 g/mol. The van der Waals surface area contributed by atoms with Gasteiger partial charge in [-0.15, -0.1) is 0 Å². The summed E-state index contributed by atoms with van der Waals surface area (Å²) in [5, 5.41) is 3.61. The van der Waals surface area contributed by atoms with Gasteiger partial charge in [0.1, 0.15) is 0 Å². The number of rotatable bonds is 3. The summed E-state index contributed by atoms with van der Waals surface area (Å²) in [7, 11) is 3.39. The molecule has 1 atom stereocenters. The van der Waals surface area contributed by atoms with Crippen LogP contribution in [0.5, 0.6) is 11.5 Å². The third-order valence-corrected chi connectivity index (χ3v) is 4.19. The normalized spacial score (nSPS) is 23.2. The fraction of sp³-hybridized carbons (Fsp3) is 0.600. The summed E-state index contributed by atoms with van der Waals surface area (Å²) in [5.74, 6) is 1.67. The first-order valence-corrected chi connectivity index (χ1v) is 6.51. The Kier molecular flexibility index (Phi) is 3.53. The fourth-order valence-corrected chi connectivity index (χ4v) is 2.96. The largest absolute Gasteiger partial charge is 0.493 e. The minimum atomic E-state index is 0.0639. The summed E-state index contributed by atoms with van der Waals surface area (Å²) < 4.78 is 10.9. The van der Waals surface area contributed by atoms with E-state index in [4.69, 9.17) is 9.47 Å². The standard InChI is InChI=1S/C15H23NO2/c1-10-11(2)14(18-5)13(17-4)9-12(10)15(3)7-6-8-16-15/h9,16H,6-8H2,1-5H3. The van der Waals surface area contributed by atoms with Crippen LogP contribution in [0.2, 0.25) is 0 Å². The number of methoxy groups -OCH3 is 2. The van der Waals surface area contributed by atoms with Crippen LogP contribution in [0.4, 0.5) is 0 Å². The average Bonchev–Trinajstić information content (AvgIpc) is 2.80. The summed E-state index contributed by atoms with van der Waals surface area (Å²) in [6.07, 6.45) is 2.39. The molecular formula is C15H23NO2. The predicted octanol–water partition coefficient (Wildman–Crippen LogP) is 2.92. The van der Waals surface area contributed by atoms with Gasteiger partial charge in [-0.1, -0.05) is 0 Å². The number of ether oxygens (including phenoxy) is 2. The molecule has 0 aromatic heterocycles. The highest BCUT2D eigenvalue weighted by Crippen LogP contribution is 2.41. The quantitative estimate of drug-likeness (QED) is 0.893. The first kappa shape index (κ1) is 13.2. The topological polar surface area (TPSA) is 30.5 Å². The van der Waals surface area contributed by atoms with Crippen molar-refractivity contribution in [3.63, 3.8) is 0 Å². The SMILES string of the molecule is COc1cc(C2(C)CCCN2)c(C)c(C)c1OC. The molecule has 0 aliphatic carbocycles. The molecule has 1 aliphatic heterocycles. The van der Waals surface area contributed by atoms with Gasteiger partial charge in [-0.25, -0.2) is 0 Å². The molecule has 1 fully saturated rings. The molecule has 0 amide bonds. The van der Waals surface area contributed by atoms with Crippen molar-refractivity contribution in [3.05, 3.63) is 22.8 Å². The van der Waals surface area contributed by atoms with Gasteiger partial charge < -0.3 is 14.8 Å². The maximum Gasteiger partial charge on any atom is 0.163 e. The molecule has 1 aliphatic rings. The molecule has 18 heavy (non-hydrogen) atoms. The van der Waals surface area contributed by atoms with Gasteiger partial charge in [0.25, 0.3) is 0 Å². The molecule has 2 rings (SSSR count). The molecular weight excluding hydrogens is 226 g/mol. The van der Waals surface area contributed by atoms with Gasteiger partial charge >= 0.3 is 0 Å². The van der Waals surface area contributed by atoms with Crippen LogP contribution in [-0.2, 0) is 5.54 Å². The van der Waals surface area contributed by atoms with Gasteiger partial charge in [-0.2, -0.15) is 0 Å². The van der Waals surface area contributed by atoms with Crippen molar-refractivity contribution in [2.45, 2.75) is 39.2 Å². The minimum absolute atomic E-state index is 0.0639. The van der Waals surface area contributed by atoms with Gasteiger partial charge in [0.15, 0.2) is 11.5 Å². The monoisotopic (exact) mass is 249 g/mol. The first-order valence-electron chi connectivity index (χ1n) is 6.51. The summed E-state index contributed by atoms with van der Waals surface area (Å²) >= 11 is 0. The molecule has 3 nitrogen and oxygen atoms in total. The lowest BCUT2D eigenvalue weighted by molar-refractivity contribution is 0.348. The predicted molar refractivity (Wildman–Crippen MR) is 73.6 cm³/mol. The van der Waals surface area contributed by atoms with Crippen molar-refractivity contribution in [2.24, 2.45) is 0 Å². The summed E-state index contributed by atoms with van der Waals surface area (Å²) in [4.78, 5) is 0. The lowest BCUT2D eigenvalue weighted by Crippen LogP contribution is -2.34. The number of benzene rings is 1. The second-order valence-corrected chi connectivity index (χ2v) is 5.27. The van der Waals surface area contributed by atoms with Crippen LogP contribution in [0.1, 0.15) is 36.5 Å². The summed E-state index contributed by atoms with van der Waals surface area (Å²) in [5.41, 5.74) is 3.86. The van der Waals surface area contributed by atoms with Gasteiger partial charge in [0, 0.05) is 5.54 Å². The Morgan fingerprint density at radius 3 is 2.39 bits per heavy atom. The van der Waals surface area contributed by atoms with E-state index in [1.807, 2.05) is 0 Å². The van der Waals surface area contributed by atoms with Crippen LogP contribution in [0, 0.1) is 13.8 Å². The van der Waals surface area contributed by atoms with E-state index in [-0.39, 0.29) is 5.54 Å². The highest BCUT2D eigenvalue weighted by atomic mass is 16.5. The maximum absolute atomic E-state index is 5.46. The lowest BCUT2D eigenvalue weighted by Gasteiger charge is -2.29. The first-order chi connectivity index (χ1) is 8.53. The zero-order chi connectivity index (χ0) is 13.3. The summed E-state index contributed by atoms with van der Waals surface area (Å²) in [6, 6.07) is 2.12. The highest BCUT2D eigenvalue weighted by molar-refractivity contribution is 5.55. The van der Waals surface area contributed by atoms with Crippen LogP contribution in [0.3, 0.4) is 0 Å². The van der Waals surface area contributed by atoms with Gasteiger partial charge in [-0.05, 0) is 62.9 Å². The Balaban J connectivity index is 2.58. The Hall–Kier alpha value is -1.22. The van der Waals surface area contributed by atoms with E-state index in [1.54, 1.807) is 14.2 Å². The molecule has 3 heteroatoms. The molecule has 1 N–H and O–H groups in total. The van der Waals surface area contributed by atoms with Crippen molar-refractivity contribution in [3.8, 4) is 11.5 Å². The fourth-order valence-electron chi connectivity index (χ4n) is 2.96. The highest BCUT2D eigenvalue weighted by Gasteiger charge is 2.33. The molecule has 1 heterocycles. The molecule has 1 unspecified atom stereocenters. The molecule has 100 valence electrons. The lowest BCUT2D eigenvalue weighted by atomic mass is 9.85. The Labute approximate surface area is 109 Å². The van der Waals surface area contributed by atoms with Crippen molar-refractivity contribution in [1.29, 1.82) is 0 Å². The third-order valence-electron chi connectivity index (χ3n) is 4.19. The minimum Gasteiger partial charge on any atom is -0.493 e. The maximum atomic E-state index is 5.46. The van der Waals surface area contributed by atoms with Crippen LogP contribution < -0.4 is 14.8 Å². The van der Waals surface area contributed by atoms with Crippen molar-refractivity contribution in [2.75, 3.05) is 20.8 Å². The van der Waals surface area contributed by atoms with Crippen LogP contribution in [0.25, 0.3) is 0 Å². The number of hydrogen-bond acceptors (Lipinski definition) is 3. The molecule has 0 bridgehead atoms. The van der Waals surface area contributed by atoms with Crippen molar-refractivity contribution in [1.82, 2.24) is 5.32 Å². The van der Waals surface area contributed by atoms with Crippen LogP contribution >= 0.6 is 0 Å². The van der Waals surface area contributed by atoms with Crippen molar-refractivity contribution < 1.29 is 9.47 Å². The van der Waals surface area contributed by atoms with Gasteiger partial charge in [0.2, 0.25) is 0 Å². The van der Waals surface area contributed by atoms with E-state index in [9.17, 15) is 0 Å². The third kappa shape index (κ3) is 1.97. The Morgan fingerprint density at radius 2 is 1.89 bits per heavy atom. The van der Waals surface area contributed by atoms with Crippen LogP contribution in [-0.4, -0.2) is 20.8 Å². The van der Waals surface area contributed by atoms with Gasteiger partial charge in [-0.3, -0.25) is 0 Å². The smallest absolute Gasteiger partial charge is 0.163 e. The van der Waals surface area contributed by atoms with Gasteiger partial charge in [0.05, 0.1) is 14.2 Å². The number of nitrogens with one attached hydrogen (secondary N) is 1. The zero-order valence-corrected chi connectivity index (χ0v) is 12.0. The molecule has 1 saturated heterocycles. The van der Waals surface area contributed by atoms with E-state index >= 15 is 0 Å². The van der Waals surface area contributed by atoms with Crippen LogP contribution in [0.15, 0.2) is 6.07 Å². The second-order valence-electron chi connectivity index (χ2n) is 5.27. The Bertz CT molecular complexity index is 448. The molecule has 0 radical (unpaired) electrons. The molecule has 0 saturated carbocycles. The van der Waals surface area contributed by atoms with E-state index in [0.29, 0.717) is 0 Å². The van der Waals surface area contributed by atoms with E-state index in [2.05, 4.69) is 32.2 Å². The van der Waals surface area contributed by atoms with E-state index in [0.717, 1.165) is 18.0 Å². The molecule has 1 aromatic rings. The molecule has 1 aromatic carbocycles. The summed E-state index contributed by atoms with van der Waals surface area (Å²) in [6.45, 7) is 7.62. The number of hydrogen-bond donors (Lipinski definition) is 1. The zero-order valence-electron chi connectivity index (χ0n) is 12.0. The van der Waals surface area contributed by atoms with E-state index < -0.39 is 0 Å². The molecule has 0 spiro atoms. The Morgan fingerprint density at radius 1 is 1.17 bits per heavy atom. The van der Waals surface area contributed by atoms with Crippen molar-refractivity contribution >= 4 is 0 Å².